The summed E-state index contributed by atoms with van der Waals surface area (Å²) in [5.74, 6) is 0. The molecular formula is C7H8NOS. The van der Waals surface area contributed by atoms with Crippen LogP contribution in [0.1, 0.15) is 11.8 Å². The van der Waals surface area contributed by atoms with Gasteiger partial charge in [0.05, 0.1) is 10.6 Å². The Hall–Kier alpha value is -0.830. The van der Waals surface area contributed by atoms with Gasteiger partial charge in [-0.05, 0) is 19.1 Å². The average molecular weight is 154 g/mol. The molecule has 1 aromatic heterocycles. The van der Waals surface area contributed by atoms with E-state index in [1.54, 1.807) is 7.11 Å². The van der Waals surface area contributed by atoms with E-state index in [1.807, 2.05) is 19.1 Å². The van der Waals surface area contributed by atoms with Crippen molar-refractivity contribution in [2.24, 2.45) is 5.16 Å². The van der Waals surface area contributed by atoms with E-state index in [4.69, 9.17) is 0 Å². The number of hydrogen-bond acceptors (Lipinski definition) is 3. The molecular weight excluding hydrogens is 146 g/mol. The Balaban J connectivity index is 2.77. The highest BCUT2D eigenvalue weighted by Crippen LogP contribution is 2.08. The van der Waals surface area contributed by atoms with Crippen molar-refractivity contribution in [3.05, 3.63) is 22.4 Å². The summed E-state index contributed by atoms with van der Waals surface area (Å²) in [5, 5.41) is 6.75. The fourth-order valence-electron chi connectivity index (χ4n) is 0.618. The predicted molar refractivity (Wildman–Crippen MR) is 42.4 cm³/mol. The van der Waals surface area contributed by atoms with Crippen LogP contribution in [0.25, 0.3) is 0 Å². The summed E-state index contributed by atoms with van der Waals surface area (Å²) in [6.07, 6.45) is 0. The van der Waals surface area contributed by atoms with Crippen molar-refractivity contribution < 1.29 is 4.84 Å². The molecule has 0 aliphatic carbocycles. The van der Waals surface area contributed by atoms with Crippen LogP contribution < -0.4 is 0 Å². The third kappa shape index (κ3) is 1.57. The maximum Gasteiger partial charge on any atom is 0.106 e. The van der Waals surface area contributed by atoms with Gasteiger partial charge in [0.25, 0.3) is 0 Å². The van der Waals surface area contributed by atoms with Gasteiger partial charge < -0.3 is 4.84 Å². The molecule has 0 aliphatic heterocycles. The Kier molecular flexibility index (Phi) is 2.45. The van der Waals surface area contributed by atoms with E-state index < -0.39 is 0 Å². The molecule has 0 N–H and O–H groups in total. The fourth-order valence-corrected chi connectivity index (χ4v) is 1.20. The van der Waals surface area contributed by atoms with Crippen LogP contribution in [0.5, 0.6) is 0 Å². The summed E-state index contributed by atoms with van der Waals surface area (Å²) in [7, 11) is 1.54. The standard InChI is InChI=1S/C7H8NOS/c1-6(8-9-2)7-4-3-5-10-7/h3-4H,1-2H3/b8-6+. The lowest BCUT2D eigenvalue weighted by molar-refractivity contribution is 0.213. The fraction of sp³-hybridized carbons (Fsp3) is 0.286. The van der Waals surface area contributed by atoms with Crippen LogP contribution >= 0.6 is 11.3 Å². The third-order valence-electron chi connectivity index (χ3n) is 1.06. The van der Waals surface area contributed by atoms with Gasteiger partial charge in [0.15, 0.2) is 0 Å². The lowest BCUT2D eigenvalue weighted by atomic mass is 10.3. The number of hydrogen-bond donors (Lipinski definition) is 0. The van der Waals surface area contributed by atoms with Crippen molar-refractivity contribution in [2.45, 2.75) is 6.92 Å². The molecule has 0 bridgehead atoms. The van der Waals surface area contributed by atoms with E-state index in [0.717, 1.165) is 10.6 Å². The molecule has 0 unspecified atom stereocenters. The Morgan fingerprint density at radius 3 is 3.10 bits per heavy atom. The minimum absolute atomic E-state index is 0.897. The van der Waals surface area contributed by atoms with E-state index in [-0.39, 0.29) is 0 Å². The SMILES string of the molecule is CO/N=C(\C)c1cc[c]s1. The number of nitrogens with zero attached hydrogens (tertiary/aromatic N) is 1. The van der Waals surface area contributed by atoms with Crippen LogP contribution in [0.3, 0.4) is 0 Å². The Bertz CT molecular complexity index is 216. The van der Waals surface area contributed by atoms with Crippen LogP contribution in [0, 0.1) is 5.38 Å². The maximum absolute atomic E-state index is 4.61. The molecule has 0 aromatic carbocycles. The highest BCUT2D eigenvalue weighted by atomic mass is 32.1. The Morgan fingerprint density at radius 1 is 1.80 bits per heavy atom. The molecule has 0 saturated carbocycles. The van der Waals surface area contributed by atoms with Crippen LogP contribution in [0.15, 0.2) is 17.3 Å². The van der Waals surface area contributed by atoms with Crippen LogP contribution in [-0.2, 0) is 4.84 Å². The van der Waals surface area contributed by atoms with E-state index in [2.05, 4.69) is 15.4 Å². The average Bonchev–Trinajstić information content (AvgIpc) is 2.38. The van der Waals surface area contributed by atoms with Crippen molar-refractivity contribution in [1.29, 1.82) is 0 Å². The second-order valence-electron chi connectivity index (χ2n) is 1.78. The van der Waals surface area contributed by atoms with E-state index in [1.165, 1.54) is 11.3 Å². The topological polar surface area (TPSA) is 21.6 Å². The molecule has 1 rings (SSSR count). The quantitative estimate of drug-likeness (QED) is 0.471. The zero-order valence-electron chi connectivity index (χ0n) is 5.92. The first kappa shape index (κ1) is 7.28. The van der Waals surface area contributed by atoms with E-state index >= 15 is 0 Å². The summed E-state index contributed by atoms with van der Waals surface area (Å²) in [5.41, 5.74) is 0.897. The molecule has 53 valence electrons. The minimum atomic E-state index is 0.897. The van der Waals surface area contributed by atoms with Gasteiger partial charge in [-0.1, -0.05) is 5.16 Å². The van der Waals surface area contributed by atoms with Gasteiger partial charge >= 0.3 is 0 Å². The smallest absolute Gasteiger partial charge is 0.106 e. The monoisotopic (exact) mass is 154 g/mol. The molecule has 0 atom stereocenters. The van der Waals surface area contributed by atoms with Crippen molar-refractivity contribution in [2.75, 3.05) is 7.11 Å². The molecule has 1 aromatic rings. The molecule has 0 aliphatic rings. The van der Waals surface area contributed by atoms with Gasteiger partial charge in [-0.15, -0.1) is 11.3 Å². The second-order valence-corrected chi connectivity index (χ2v) is 2.66. The molecule has 1 heterocycles. The lowest BCUT2D eigenvalue weighted by Gasteiger charge is -1.91. The lowest BCUT2D eigenvalue weighted by Crippen LogP contribution is -1.89. The number of oxime groups is 1. The van der Waals surface area contributed by atoms with Gasteiger partial charge in [-0.3, -0.25) is 0 Å². The molecule has 3 heteroatoms. The maximum atomic E-state index is 4.61. The van der Waals surface area contributed by atoms with Gasteiger partial charge in [0.2, 0.25) is 0 Å². The van der Waals surface area contributed by atoms with Crippen molar-refractivity contribution in [3.63, 3.8) is 0 Å². The second kappa shape index (κ2) is 3.37. The summed E-state index contributed by atoms with van der Waals surface area (Å²) in [6, 6.07) is 3.83. The van der Waals surface area contributed by atoms with Crippen LogP contribution in [-0.4, -0.2) is 12.8 Å². The Morgan fingerprint density at radius 2 is 2.60 bits per heavy atom. The van der Waals surface area contributed by atoms with E-state index in [9.17, 15) is 0 Å². The van der Waals surface area contributed by atoms with Gasteiger partial charge in [0.1, 0.15) is 7.11 Å². The summed E-state index contributed by atoms with van der Waals surface area (Å²) in [6.45, 7) is 1.91. The molecule has 10 heavy (non-hydrogen) atoms. The summed E-state index contributed by atoms with van der Waals surface area (Å²) < 4.78 is 0. The number of thiophene rings is 1. The van der Waals surface area contributed by atoms with Gasteiger partial charge in [-0.25, -0.2) is 0 Å². The first-order chi connectivity index (χ1) is 4.84. The van der Waals surface area contributed by atoms with Crippen LogP contribution in [0.4, 0.5) is 0 Å². The molecule has 0 fully saturated rings. The largest absolute Gasteiger partial charge is 0.399 e. The van der Waals surface area contributed by atoms with Crippen LogP contribution in [0.2, 0.25) is 0 Å². The van der Waals surface area contributed by atoms with Crippen molar-refractivity contribution in [3.8, 4) is 0 Å². The third-order valence-corrected chi connectivity index (χ3v) is 1.96. The zero-order valence-corrected chi connectivity index (χ0v) is 6.73. The van der Waals surface area contributed by atoms with Gasteiger partial charge in [-0.2, -0.15) is 0 Å². The summed E-state index contributed by atoms with van der Waals surface area (Å²) in [4.78, 5) is 5.71. The van der Waals surface area contributed by atoms with Crippen molar-refractivity contribution >= 4 is 17.0 Å². The molecule has 2 nitrogen and oxygen atoms in total. The first-order valence-corrected chi connectivity index (χ1v) is 3.70. The zero-order chi connectivity index (χ0) is 7.40. The minimum Gasteiger partial charge on any atom is -0.399 e. The normalized spacial score (nSPS) is 11.6. The summed E-state index contributed by atoms with van der Waals surface area (Å²) >= 11 is 1.54. The van der Waals surface area contributed by atoms with Crippen molar-refractivity contribution in [1.82, 2.24) is 0 Å². The Labute approximate surface area is 64.1 Å². The number of rotatable bonds is 2. The first-order valence-electron chi connectivity index (χ1n) is 2.88. The van der Waals surface area contributed by atoms with Gasteiger partial charge in [0, 0.05) is 5.38 Å². The highest BCUT2D eigenvalue weighted by molar-refractivity contribution is 7.11. The van der Waals surface area contributed by atoms with E-state index in [0.29, 0.717) is 0 Å². The predicted octanol–water partition coefficient (Wildman–Crippen LogP) is 1.92. The molecule has 0 saturated heterocycles. The molecule has 0 amide bonds. The molecule has 0 spiro atoms. The molecule has 1 radical (unpaired) electrons. The highest BCUT2D eigenvalue weighted by Gasteiger charge is 1.96.